The zero-order chi connectivity index (χ0) is 21.3. The van der Waals surface area contributed by atoms with E-state index in [0.29, 0.717) is 0 Å². The quantitative estimate of drug-likeness (QED) is 0.598. The molecule has 0 spiro atoms. The van der Waals surface area contributed by atoms with Gasteiger partial charge in [0.1, 0.15) is 35.5 Å². The van der Waals surface area contributed by atoms with E-state index >= 15 is 0 Å². The van der Waals surface area contributed by atoms with Crippen molar-refractivity contribution in [2.24, 2.45) is 0 Å². The van der Waals surface area contributed by atoms with Gasteiger partial charge in [0, 0.05) is 0 Å². The molecule has 158 valence electrons. The molecule has 0 radical (unpaired) electrons. The van der Waals surface area contributed by atoms with Crippen LogP contribution in [0.3, 0.4) is 0 Å². The van der Waals surface area contributed by atoms with Crippen molar-refractivity contribution in [3.8, 4) is 0 Å². The Kier molecular flexibility index (Phi) is 4.03. The molecular weight excluding hydrogens is 386 g/mol. The van der Waals surface area contributed by atoms with Crippen molar-refractivity contribution < 1.29 is 14.2 Å². The number of hydrogen-bond acceptors (Lipinski definition) is 4. The Hall–Kier alpha value is -2.50. The van der Waals surface area contributed by atoms with Gasteiger partial charge in [0.25, 0.3) is 0 Å². The van der Waals surface area contributed by atoms with E-state index < -0.39 is 16.8 Å². The first-order chi connectivity index (χ1) is 15.0. The van der Waals surface area contributed by atoms with Crippen LogP contribution in [0.4, 0.5) is 0 Å². The molecule has 0 aliphatic carbocycles. The fourth-order valence-corrected chi connectivity index (χ4v) is 5.55. The zero-order valence-electron chi connectivity index (χ0n) is 18.1. The average Bonchev–Trinajstić information content (AvgIpc) is 3.40. The lowest BCUT2D eigenvalue weighted by molar-refractivity contribution is -0.138. The molecule has 4 heteroatoms. The lowest BCUT2D eigenvalue weighted by Gasteiger charge is -2.32. The van der Waals surface area contributed by atoms with Gasteiger partial charge in [-0.1, -0.05) is 91.0 Å². The molecule has 0 aromatic heterocycles. The topological polar surface area (TPSA) is 30.9 Å². The van der Waals surface area contributed by atoms with Crippen LogP contribution in [0.15, 0.2) is 91.0 Å². The number of ether oxygens (including phenoxy) is 3. The van der Waals surface area contributed by atoms with Gasteiger partial charge < -0.3 is 14.2 Å². The lowest BCUT2D eigenvalue weighted by atomic mass is 9.94. The van der Waals surface area contributed by atoms with Gasteiger partial charge in [-0.25, -0.2) is 4.90 Å². The van der Waals surface area contributed by atoms with E-state index in [1.807, 2.05) is 18.2 Å². The lowest BCUT2D eigenvalue weighted by Crippen LogP contribution is -2.40. The van der Waals surface area contributed by atoms with Gasteiger partial charge >= 0.3 is 0 Å². The van der Waals surface area contributed by atoms with Crippen LogP contribution < -0.4 is 0 Å². The summed E-state index contributed by atoms with van der Waals surface area (Å²) in [6, 6.07) is 31.2. The van der Waals surface area contributed by atoms with Gasteiger partial charge in [0.2, 0.25) is 0 Å². The number of benzene rings is 3. The smallest absolute Gasteiger partial charge is 0.149 e. The van der Waals surface area contributed by atoms with Gasteiger partial charge in [0.15, 0.2) is 0 Å². The molecule has 0 unspecified atom stereocenters. The standard InChI is InChI=1S/C27H27NO3/c1-25(19-13-7-4-8-14-19)22-28-23(29-25)26(2,20-15-9-5-10-16-20)31-24(28)27(3,30-22)21-17-11-6-12-18-21/h4-18,22-24H,1-3H3/t22-,23-,24-,25-,26-,27+/m0/s1. The van der Waals surface area contributed by atoms with Crippen LogP contribution >= 0.6 is 0 Å². The first-order valence-corrected chi connectivity index (χ1v) is 10.9. The molecule has 31 heavy (non-hydrogen) atoms. The van der Waals surface area contributed by atoms with Gasteiger partial charge in [-0.05, 0) is 37.5 Å². The van der Waals surface area contributed by atoms with E-state index in [-0.39, 0.29) is 18.7 Å². The summed E-state index contributed by atoms with van der Waals surface area (Å²) in [5.41, 5.74) is 1.49. The summed E-state index contributed by atoms with van der Waals surface area (Å²) in [6.45, 7) is 6.43. The Labute approximate surface area is 183 Å². The van der Waals surface area contributed by atoms with E-state index in [9.17, 15) is 0 Å². The second kappa shape index (κ2) is 6.50. The highest BCUT2D eigenvalue weighted by atomic mass is 16.7. The maximum absolute atomic E-state index is 6.87. The predicted octanol–water partition coefficient (Wildman–Crippen LogP) is 5.10. The fraction of sp³-hybridized carbons (Fsp3) is 0.333. The van der Waals surface area contributed by atoms with Crippen LogP contribution in [0, 0.1) is 0 Å². The molecule has 3 saturated heterocycles. The predicted molar refractivity (Wildman–Crippen MR) is 118 cm³/mol. The molecule has 3 aromatic carbocycles. The second-order valence-electron chi connectivity index (χ2n) is 9.28. The van der Waals surface area contributed by atoms with Crippen molar-refractivity contribution in [2.75, 3.05) is 0 Å². The van der Waals surface area contributed by atoms with E-state index in [2.05, 4.69) is 98.5 Å². The van der Waals surface area contributed by atoms with Crippen molar-refractivity contribution >= 4 is 0 Å². The molecule has 0 bridgehead atoms. The van der Waals surface area contributed by atoms with Crippen LogP contribution in [0.1, 0.15) is 37.5 Å². The Morgan fingerprint density at radius 1 is 0.484 bits per heavy atom. The molecular formula is C27H27NO3. The van der Waals surface area contributed by atoms with Gasteiger partial charge in [-0.15, -0.1) is 0 Å². The van der Waals surface area contributed by atoms with Crippen LogP contribution in [0.5, 0.6) is 0 Å². The molecule has 3 aliphatic rings. The SMILES string of the molecule is C[C@@]1(c2ccccc2)O[C@@H]2N3[C@H]1O[C@](C)(c1ccccc1)[C@@H]3O[C@@]2(C)c1ccccc1. The van der Waals surface area contributed by atoms with E-state index in [1.165, 1.54) is 0 Å². The highest BCUT2D eigenvalue weighted by Crippen LogP contribution is 2.61. The first-order valence-electron chi connectivity index (χ1n) is 10.9. The summed E-state index contributed by atoms with van der Waals surface area (Å²) in [6.07, 6.45) is -0.790. The molecule has 4 nitrogen and oxygen atoms in total. The van der Waals surface area contributed by atoms with Crippen molar-refractivity contribution in [1.82, 2.24) is 4.90 Å². The highest BCUT2D eigenvalue weighted by molar-refractivity contribution is 5.34. The minimum atomic E-state index is -0.615. The third kappa shape index (κ3) is 2.50. The summed E-state index contributed by atoms with van der Waals surface area (Å²) in [4.78, 5) is 2.31. The van der Waals surface area contributed by atoms with Gasteiger partial charge in [0.05, 0.1) is 0 Å². The molecule has 3 aliphatic heterocycles. The monoisotopic (exact) mass is 413 g/mol. The van der Waals surface area contributed by atoms with Gasteiger partial charge in [-0.3, -0.25) is 0 Å². The maximum atomic E-state index is 6.87. The van der Waals surface area contributed by atoms with E-state index in [0.717, 1.165) is 16.7 Å². The minimum Gasteiger partial charge on any atom is -0.344 e. The molecule has 6 rings (SSSR count). The van der Waals surface area contributed by atoms with Crippen LogP contribution in [-0.2, 0) is 31.0 Å². The Morgan fingerprint density at radius 3 is 1.00 bits per heavy atom. The number of nitrogens with zero attached hydrogens (tertiary/aromatic N) is 1. The summed E-state index contributed by atoms with van der Waals surface area (Å²) in [5.74, 6) is 0. The summed E-state index contributed by atoms with van der Waals surface area (Å²) >= 11 is 0. The Balaban J connectivity index is 1.52. The van der Waals surface area contributed by atoms with Crippen molar-refractivity contribution in [2.45, 2.75) is 56.3 Å². The van der Waals surface area contributed by atoms with E-state index in [4.69, 9.17) is 14.2 Å². The summed E-state index contributed by atoms with van der Waals surface area (Å²) < 4.78 is 20.6. The van der Waals surface area contributed by atoms with Crippen molar-refractivity contribution in [3.63, 3.8) is 0 Å². The molecule has 0 saturated carbocycles. The van der Waals surface area contributed by atoms with Crippen LogP contribution in [-0.4, -0.2) is 23.6 Å². The maximum Gasteiger partial charge on any atom is 0.149 e. The van der Waals surface area contributed by atoms with Crippen molar-refractivity contribution in [1.29, 1.82) is 0 Å². The molecule has 3 fully saturated rings. The van der Waals surface area contributed by atoms with Gasteiger partial charge in [-0.2, -0.15) is 0 Å². The largest absolute Gasteiger partial charge is 0.344 e. The number of rotatable bonds is 3. The number of hydrogen-bond donors (Lipinski definition) is 0. The normalized spacial score (nSPS) is 39.0. The minimum absolute atomic E-state index is 0.263. The fourth-order valence-electron chi connectivity index (χ4n) is 5.55. The first kappa shape index (κ1) is 19.2. The third-order valence-electron chi connectivity index (χ3n) is 7.34. The second-order valence-corrected chi connectivity index (χ2v) is 9.28. The highest BCUT2D eigenvalue weighted by Gasteiger charge is 2.73. The van der Waals surface area contributed by atoms with Crippen LogP contribution in [0.25, 0.3) is 0 Å². The molecule has 0 amide bonds. The molecule has 0 N–H and O–H groups in total. The Morgan fingerprint density at radius 2 is 0.742 bits per heavy atom. The zero-order valence-corrected chi connectivity index (χ0v) is 18.1. The van der Waals surface area contributed by atoms with Crippen molar-refractivity contribution in [3.05, 3.63) is 108 Å². The third-order valence-corrected chi connectivity index (χ3v) is 7.34. The molecule has 6 atom stereocenters. The Bertz CT molecular complexity index is 950. The van der Waals surface area contributed by atoms with Crippen LogP contribution in [0.2, 0.25) is 0 Å². The summed E-state index contributed by atoms with van der Waals surface area (Å²) in [7, 11) is 0. The average molecular weight is 414 g/mol. The molecule has 3 heterocycles. The molecule has 3 aromatic rings. The summed E-state index contributed by atoms with van der Waals surface area (Å²) in [5, 5.41) is 0. The van der Waals surface area contributed by atoms with E-state index in [1.54, 1.807) is 0 Å².